The molecule has 0 aliphatic carbocycles. The Morgan fingerprint density at radius 3 is 2.65 bits per heavy atom. The van der Waals surface area contributed by atoms with E-state index in [0.29, 0.717) is 0 Å². The number of piperidine rings is 1. The first-order valence-electron chi connectivity index (χ1n) is 7.09. The standard InChI is InChI=1S/C15H24BrN3O/c1-14(2,3)13-17-11(16)9-12(18-13)19-8-6-7-15(4,10-19)20-5/h9H,6-8,10H2,1-5H3. The van der Waals surface area contributed by atoms with Gasteiger partial charge in [-0.05, 0) is 35.7 Å². The molecule has 1 atom stereocenters. The van der Waals surface area contributed by atoms with Crippen molar-refractivity contribution >= 4 is 21.7 Å². The summed E-state index contributed by atoms with van der Waals surface area (Å²) < 4.78 is 6.51. The lowest BCUT2D eigenvalue weighted by Crippen LogP contribution is -2.47. The van der Waals surface area contributed by atoms with Crippen molar-refractivity contribution in [3.05, 3.63) is 16.5 Å². The van der Waals surface area contributed by atoms with E-state index in [0.717, 1.165) is 42.2 Å². The third-order valence-corrected chi connectivity index (χ3v) is 4.23. The van der Waals surface area contributed by atoms with Crippen molar-refractivity contribution in [1.29, 1.82) is 0 Å². The van der Waals surface area contributed by atoms with Crippen LogP contribution in [0.15, 0.2) is 10.7 Å². The Kier molecular flexibility index (Phi) is 4.40. The Bertz CT molecular complexity index is 486. The van der Waals surface area contributed by atoms with Gasteiger partial charge in [0, 0.05) is 31.7 Å². The molecule has 1 fully saturated rings. The second kappa shape index (κ2) is 5.60. The summed E-state index contributed by atoms with van der Waals surface area (Å²) >= 11 is 3.51. The maximum atomic E-state index is 5.66. The average molecular weight is 342 g/mol. The molecule has 0 radical (unpaired) electrons. The maximum Gasteiger partial charge on any atom is 0.137 e. The highest BCUT2D eigenvalue weighted by Gasteiger charge is 2.32. The van der Waals surface area contributed by atoms with Gasteiger partial charge in [-0.15, -0.1) is 0 Å². The normalized spacial score (nSPS) is 24.0. The second-order valence-electron chi connectivity index (χ2n) is 6.80. The van der Waals surface area contributed by atoms with Gasteiger partial charge < -0.3 is 9.64 Å². The summed E-state index contributed by atoms with van der Waals surface area (Å²) in [6.07, 6.45) is 2.22. The topological polar surface area (TPSA) is 38.2 Å². The number of hydrogen-bond acceptors (Lipinski definition) is 4. The first kappa shape index (κ1) is 15.7. The van der Waals surface area contributed by atoms with Crippen molar-refractivity contribution in [2.75, 3.05) is 25.1 Å². The number of anilines is 1. The molecular formula is C15H24BrN3O. The average Bonchev–Trinajstić information content (AvgIpc) is 2.37. The molecule has 2 heterocycles. The number of ether oxygens (including phenoxy) is 1. The predicted octanol–water partition coefficient (Wildman–Crippen LogP) is 3.54. The van der Waals surface area contributed by atoms with E-state index >= 15 is 0 Å². The number of rotatable bonds is 2. The van der Waals surface area contributed by atoms with Crippen LogP contribution in [0.3, 0.4) is 0 Å². The first-order chi connectivity index (χ1) is 9.23. The zero-order valence-electron chi connectivity index (χ0n) is 13.0. The van der Waals surface area contributed by atoms with E-state index < -0.39 is 0 Å². The minimum atomic E-state index is -0.0857. The number of methoxy groups -OCH3 is 1. The molecule has 0 aromatic carbocycles. The lowest BCUT2D eigenvalue weighted by Gasteiger charge is -2.40. The Labute approximate surface area is 130 Å². The summed E-state index contributed by atoms with van der Waals surface area (Å²) in [5.74, 6) is 1.85. The summed E-state index contributed by atoms with van der Waals surface area (Å²) in [4.78, 5) is 11.6. The van der Waals surface area contributed by atoms with E-state index in [4.69, 9.17) is 9.72 Å². The van der Waals surface area contributed by atoms with E-state index in [9.17, 15) is 0 Å². The van der Waals surface area contributed by atoms with E-state index in [1.54, 1.807) is 7.11 Å². The van der Waals surface area contributed by atoms with Crippen LogP contribution in [0.5, 0.6) is 0 Å². The number of halogens is 1. The molecule has 5 heteroatoms. The summed E-state index contributed by atoms with van der Waals surface area (Å²) in [5.41, 5.74) is -0.142. The molecule has 112 valence electrons. The van der Waals surface area contributed by atoms with Crippen LogP contribution >= 0.6 is 15.9 Å². The molecule has 0 saturated carbocycles. The molecule has 0 bridgehead atoms. The van der Waals surface area contributed by atoms with Gasteiger partial charge in [-0.3, -0.25) is 0 Å². The highest BCUT2D eigenvalue weighted by Crippen LogP contribution is 2.29. The van der Waals surface area contributed by atoms with E-state index in [1.165, 1.54) is 0 Å². The Hall–Kier alpha value is -0.680. The Morgan fingerprint density at radius 2 is 2.05 bits per heavy atom. The van der Waals surface area contributed by atoms with Gasteiger partial charge in [0.05, 0.1) is 5.60 Å². The molecular weight excluding hydrogens is 318 g/mol. The van der Waals surface area contributed by atoms with Crippen LogP contribution in [0.1, 0.15) is 46.4 Å². The van der Waals surface area contributed by atoms with Crippen molar-refractivity contribution < 1.29 is 4.74 Å². The van der Waals surface area contributed by atoms with Gasteiger partial charge in [-0.1, -0.05) is 20.8 Å². The van der Waals surface area contributed by atoms with E-state index in [1.807, 2.05) is 6.07 Å². The van der Waals surface area contributed by atoms with E-state index in [-0.39, 0.29) is 11.0 Å². The summed E-state index contributed by atoms with van der Waals surface area (Å²) in [5, 5.41) is 0. The third-order valence-electron chi connectivity index (χ3n) is 3.83. The fraction of sp³-hybridized carbons (Fsp3) is 0.733. The first-order valence-corrected chi connectivity index (χ1v) is 7.88. The molecule has 1 aromatic rings. The maximum absolute atomic E-state index is 5.66. The van der Waals surface area contributed by atoms with Crippen LogP contribution in [0.4, 0.5) is 5.82 Å². The van der Waals surface area contributed by atoms with Gasteiger partial charge in [-0.2, -0.15) is 0 Å². The third kappa shape index (κ3) is 3.50. The molecule has 1 saturated heterocycles. The van der Waals surface area contributed by atoms with Crippen LogP contribution in [0.25, 0.3) is 0 Å². The highest BCUT2D eigenvalue weighted by molar-refractivity contribution is 9.10. The summed E-state index contributed by atoms with van der Waals surface area (Å²) in [6.45, 7) is 10.5. The SMILES string of the molecule is COC1(C)CCCN(c2cc(Br)nc(C(C)(C)C)n2)C1. The van der Waals surface area contributed by atoms with Crippen LogP contribution in [-0.2, 0) is 10.2 Å². The molecule has 1 aliphatic rings. The van der Waals surface area contributed by atoms with Crippen molar-refractivity contribution in [2.24, 2.45) is 0 Å². The van der Waals surface area contributed by atoms with Gasteiger partial charge in [0.1, 0.15) is 16.2 Å². The molecule has 2 rings (SSSR count). The molecule has 20 heavy (non-hydrogen) atoms. The lowest BCUT2D eigenvalue weighted by atomic mass is 9.94. The predicted molar refractivity (Wildman–Crippen MR) is 85.3 cm³/mol. The van der Waals surface area contributed by atoms with Crippen molar-refractivity contribution in [3.8, 4) is 0 Å². The smallest absolute Gasteiger partial charge is 0.137 e. The zero-order valence-corrected chi connectivity index (χ0v) is 14.6. The summed E-state index contributed by atoms with van der Waals surface area (Å²) in [7, 11) is 1.79. The van der Waals surface area contributed by atoms with Crippen LogP contribution in [-0.4, -0.2) is 35.8 Å². The van der Waals surface area contributed by atoms with Gasteiger partial charge >= 0.3 is 0 Å². The molecule has 1 aromatic heterocycles. The number of hydrogen-bond donors (Lipinski definition) is 0. The van der Waals surface area contributed by atoms with Crippen molar-refractivity contribution in [3.63, 3.8) is 0 Å². The number of aromatic nitrogens is 2. The molecule has 1 aliphatic heterocycles. The second-order valence-corrected chi connectivity index (χ2v) is 7.61. The molecule has 0 amide bonds. The van der Waals surface area contributed by atoms with Crippen molar-refractivity contribution in [2.45, 2.75) is 51.6 Å². The van der Waals surface area contributed by atoms with Gasteiger partial charge in [0.15, 0.2) is 0 Å². The van der Waals surface area contributed by atoms with E-state index in [2.05, 4.69) is 53.5 Å². The fourth-order valence-corrected chi connectivity index (χ4v) is 2.84. The lowest BCUT2D eigenvalue weighted by molar-refractivity contribution is -0.00483. The monoisotopic (exact) mass is 341 g/mol. The zero-order chi connectivity index (χ0) is 15.0. The Morgan fingerprint density at radius 1 is 1.35 bits per heavy atom. The van der Waals surface area contributed by atoms with Gasteiger partial charge in [-0.25, -0.2) is 9.97 Å². The van der Waals surface area contributed by atoms with Crippen molar-refractivity contribution in [1.82, 2.24) is 9.97 Å². The molecule has 0 spiro atoms. The summed E-state index contributed by atoms with van der Waals surface area (Å²) in [6, 6.07) is 2.00. The van der Waals surface area contributed by atoms with Crippen LogP contribution in [0, 0.1) is 0 Å². The minimum absolute atomic E-state index is 0.0567. The van der Waals surface area contributed by atoms with Gasteiger partial charge in [0.2, 0.25) is 0 Å². The minimum Gasteiger partial charge on any atom is -0.377 e. The quantitative estimate of drug-likeness (QED) is 0.771. The van der Waals surface area contributed by atoms with Gasteiger partial charge in [0.25, 0.3) is 0 Å². The fourth-order valence-electron chi connectivity index (χ4n) is 2.47. The Balaban J connectivity index is 2.31. The highest BCUT2D eigenvalue weighted by atomic mass is 79.9. The largest absolute Gasteiger partial charge is 0.377 e. The molecule has 0 N–H and O–H groups in total. The molecule has 4 nitrogen and oxygen atoms in total. The van der Waals surface area contributed by atoms with Crippen LogP contribution in [0.2, 0.25) is 0 Å². The van der Waals surface area contributed by atoms with Crippen LogP contribution < -0.4 is 4.90 Å². The molecule has 1 unspecified atom stereocenters. The number of nitrogens with zero attached hydrogens (tertiary/aromatic N) is 3.